The number of benzene rings is 5. The molecule has 24 nitrogen and oxygen atoms in total. The van der Waals surface area contributed by atoms with Crippen molar-refractivity contribution in [2.24, 2.45) is 5.92 Å². The van der Waals surface area contributed by atoms with Gasteiger partial charge in [0, 0.05) is 111 Å². The van der Waals surface area contributed by atoms with Crippen LogP contribution in [-0.2, 0) is 40.4 Å². The van der Waals surface area contributed by atoms with Gasteiger partial charge in [-0.25, -0.2) is 18.1 Å². The van der Waals surface area contributed by atoms with Crippen LogP contribution in [0.15, 0.2) is 126 Å². The Balaban J connectivity index is 0.703. The standard InChI is InChI=1S/C62H63ClN10O14S/c63-42-9-7-40(8-10-42)46-3-2-6-54(86-32-31-85-30-29-84-28-21-64-51-5-1-4-48-57(51)62(78)72(61(48)77)52-15-16-56(74)68-60(52)76)49(46)38-70-22-24-71(25-23-70)43-11-13-47(55(34-43)87-44-33-41-17-20-65-58(41)67-37-44)59(75)69-88(81,82)45-12-14-50(53(35-45)73(79)80)66-36-39-18-26-83-27-19-39/h1-14,17,20,33-35,37,39,52,64,66H,15-16,18-19,21-32,36,38H2,(H,65,67)(H,69,75)(H,68,74,76). The van der Waals surface area contributed by atoms with Gasteiger partial charge in [-0.15, -0.1) is 0 Å². The number of halogens is 1. The molecule has 458 valence electrons. The van der Waals surface area contributed by atoms with Crippen LogP contribution in [0.2, 0.25) is 5.02 Å². The third-order valence-electron chi connectivity index (χ3n) is 15.7. The van der Waals surface area contributed by atoms with E-state index < -0.39 is 61.1 Å². The van der Waals surface area contributed by atoms with E-state index in [0.717, 1.165) is 45.9 Å². The summed E-state index contributed by atoms with van der Waals surface area (Å²) in [4.78, 5) is 89.0. The van der Waals surface area contributed by atoms with Gasteiger partial charge in [-0.05, 0) is 103 Å². The van der Waals surface area contributed by atoms with Crippen molar-refractivity contribution in [2.45, 2.75) is 43.2 Å². The molecular weight excluding hydrogens is 1180 g/mol. The van der Waals surface area contributed by atoms with Crippen molar-refractivity contribution in [2.75, 3.05) is 101 Å². The van der Waals surface area contributed by atoms with Crippen LogP contribution in [0.25, 0.3) is 22.2 Å². The fourth-order valence-electron chi connectivity index (χ4n) is 11.1. The minimum absolute atomic E-state index is 0.0298. The number of piperidine rings is 1. The molecule has 5 aromatic carbocycles. The van der Waals surface area contributed by atoms with Crippen LogP contribution >= 0.6 is 11.6 Å². The highest BCUT2D eigenvalue weighted by molar-refractivity contribution is 7.90. The van der Waals surface area contributed by atoms with E-state index >= 15 is 0 Å². The van der Waals surface area contributed by atoms with Crippen molar-refractivity contribution < 1.29 is 61.0 Å². The largest absolute Gasteiger partial charge is 0.491 e. The lowest BCUT2D eigenvalue weighted by Crippen LogP contribution is -2.54. The average molecular weight is 1240 g/mol. The summed E-state index contributed by atoms with van der Waals surface area (Å²) in [5.41, 5.74) is 4.63. The number of rotatable bonds is 25. The Morgan fingerprint density at radius 2 is 1.56 bits per heavy atom. The number of anilines is 3. The Kier molecular flexibility index (Phi) is 18.9. The summed E-state index contributed by atoms with van der Waals surface area (Å²) >= 11 is 6.32. The number of carbonyl (C=O) groups excluding carboxylic acids is 5. The molecule has 4 aliphatic rings. The Hall–Kier alpha value is -8.98. The summed E-state index contributed by atoms with van der Waals surface area (Å²) in [7, 11) is -4.63. The highest BCUT2D eigenvalue weighted by atomic mass is 35.5. The molecule has 3 saturated heterocycles. The van der Waals surface area contributed by atoms with Crippen molar-refractivity contribution in [3.63, 3.8) is 0 Å². The second kappa shape index (κ2) is 27.4. The molecular formula is C62H63ClN10O14S. The molecule has 0 bridgehead atoms. The van der Waals surface area contributed by atoms with Gasteiger partial charge in [-0.3, -0.25) is 49.2 Å². The topological polar surface area (TPSA) is 295 Å². The summed E-state index contributed by atoms with van der Waals surface area (Å²) in [6.07, 6.45) is 4.90. The first kappa shape index (κ1) is 60.7. The van der Waals surface area contributed by atoms with E-state index in [0.29, 0.717) is 92.6 Å². The molecule has 1 atom stereocenters. The maximum Gasteiger partial charge on any atom is 0.293 e. The summed E-state index contributed by atoms with van der Waals surface area (Å²) in [5, 5.41) is 22.0. The first-order valence-corrected chi connectivity index (χ1v) is 30.7. The van der Waals surface area contributed by atoms with E-state index in [1.165, 1.54) is 30.5 Å². The predicted molar refractivity (Wildman–Crippen MR) is 326 cm³/mol. The highest BCUT2D eigenvalue weighted by Crippen LogP contribution is 2.37. The number of fused-ring (bicyclic) bond motifs is 2. The summed E-state index contributed by atoms with van der Waals surface area (Å²) in [6.45, 7) is 6.24. The first-order valence-electron chi connectivity index (χ1n) is 28.8. The molecule has 1 unspecified atom stereocenters. The minimum atomic E-state index is -4.63. The Bertz CT molecular complexity index is 3890. The zero-order valence-electron chi connectivity index (χ0n) is 47.7. The summed E-state index contributed by atoms with van der Waals surface area (Å²) in [6, 6.07) is 29.3. The number of pyridine rings is 1. The minimum Gasteiger partial charge on any atom is -0.491 e. The number of hydrogen-bond donors (Lipinski definition) is 5. The number of hydrogen-bond acceptors (Lipinski definition) is 19. The van der Waals surface area contributed by atoms with Gasteiger partial charge in [-0.1, -0.05) is 41.9 Å². The Morgan fingerprint density at radius 1 is 0.795 bits per heavy atom. The zero-order chi connectivity index (χ0) is 61.3. The molecule has 5 N–H and O–H groups in total. The number of nitrogens with zero attached hydrogens (tertiary/aromatic N) is 5. The molecule has 7 aromatic rings. The van der Waals surface area contributed by atoms with E-state index in [9.17, 15) is 42.5 Å². The van der Waals surface area contributed by atoms with Crippen LogP contribution < -0.4 is 35.0 Å². The van der Waals surface area contributed by atoms with Crippen LogP contribution in [-0.4, -0.2) is 154 Å². The van der Waals surface area contributed by atoms with Crippen LogP contribution in [0.4, 0.5) is 22.7 Å². The predicted octanol–water partition coefficient (Wildman–Crippen LogP) is 7.79. The maximum atomic E-state index is 14.1. The molecule has 5 amide bonds. The lowest BCUT2D eigenvalue weighted by molar-refractivity contribution is -0.384. The van der Waals surface area contributed by atoms with Gasteiger partial charge in [-0.2, -0.15) is 0 Å². The van der Waals surface area contributed by atoms with E-state index in [4.69, 9.17) is 35.3 Å². The molecule has 0 aliphatic carbocycles. The van der Waals surface area contributed by atoms with Gasteiger partial charge in [0.1, 0.15) is 41.2 Å². The van der Waals surface area contributed by atoms with Gasteiger partial charge < -0.3 is 44.2 Å². The van der Waals surface area contributed by atoms with Crippen LogP contribution in [0.1, 0.15) is 62.3 Å². The summed E-state index contributed by atoms with van der Waals surface area (Å²) < 4.78 is 59.7. The van der Waals surface area contributed by atoms with Gasteiger partial charge in [0.25, 0.3) is 33.4 Å². The molecule has 0 spiro atoms. The molecule has 3 fully saturated rings. The molecule has 2 aromatic heterocycles. The second-order valence-corrected chi connectivity index (χ2v) is 23.5. The number of aromatic amines is 1. The van der Waals surface area contributed by atoms with E-state index in [1.807, 2.05) is 48.5 Å². The van der Waals surface area contributed by atoms with E-state index in [1.54, 1.807) is 36.5 Å². The number of piperazine rings is 1. The smallest absolute Gasteiger partial charge is 0.293 e. The van der Waals surface area contributed by atoms with Crippen molar-refractivity contribution >= 4 is 84.9 Å². The van der Waals surface area contributed by atoms with Gasteiger partial charge in [0.2, 0.25) is 11.8 Å². The number of nitro benzene ring substituents is 1. The number of aromatic nitrogens is 2. The van der Waals surface area contributed by atoms with Gasteiger partial charge in [0.15, 0.2) is 0 Å². The van der Waals surface area contributed by atoms with Crippen LogP contribution in [0, 0.1) is 16.0 Å². The number of ether oxygens (including phenoxy) is 5. The molecule has 0 saturated carbocycles. The third-order valence-corrected chi connectivity index (χ3v) is 17.3. The molecule has 4 aliphatic heterocycles. The molecule has 26 heteroatoms. The fraction of sp³-hybridized carbons (Fsp3) is 0.323. The Morgan fingerprint density at radius 3 is 2.34 bits per heavy atom. The Labute approximate surface area is 510 Å². The van der Waals surface area contributed by atoms with Gasteiger partial charge >= 0.3 is 0 Å². The van der Waals surface area contributed by atoms with Crippen molar-refractivity contribution in [3.05, 3.63) is 159 Å². The van der Waals surface area contributed by atoms with Gasteiger partial charge in [0.05, 0.1) is 59.1 Å². The number of nitrogens with one attached hydrogen (secondary N) is 5. The molecule has 88 heavy (non-hydrogen) atoms. The molecule has 11 rings (SSSR count). The number of carbonyl (C=O) groups is 5. The number of imide groups is 2. The van der Waals surface area contributed by atoms with Crippen molar-refractivity contribution in [1.29, 1.82) is 0 Å². The van der Waals surface area contributed by atoms with Crippen LogP contribution in [0.3, 0.4) is 0 Å². The van der Waals surface area contributed by atoms with Crippen LogP contribution in [0.5, 0.6) is 17.2 Å². The lowest BCUT2D eigenvalue weighted by Gasteiger charge is -2.37. The van der Waals surface area contributed by atoms with E-state index in [2.05, 4.69) is 40.4 Å². The zero-order valence-corrected chi connectivity index (χ0v) is 49.2. The quantitative estimate of drug-likeness (QED) is 0.0158. The molecule has 6 heterocycles. The molecule has 0 radical (unpaired) electrons. The average Bonchev–Trinajstić information content (AvgIpc) is 1.75. The summed E-state index contributed by atoms with van der Waals surface area (Å²) in [5.74, 6) is -2.03. The lowest BCUT2D eigenvalue weighted by atomic mass is 9.98. The maximum absolute atomic E-state index is 14.1. The normalized spacial score (nSPS) is 16.6. The highest BCUT2D eigenvalue weighted by Gasteiger charge is 2.45. The monoisotopic (exact) mass is 1240 g/mol. The number of amides is 5. The SMILES string of the molecule is O=C1CCC(N2C(=O)c3cccc(NCCOCCOCCOc4cccc(-c5ccc(Cl)cc5)c4CN4CCN(c5ccc(C(=O)NS(=O)(=O)c6ccc(NCC7CCOCC7)c([N+](=O)[O-])c6)c(Oc6cnc7[nH]ccc7c6)c5)CC4)c3C2=O)C(=O)N1. The fourth-order valence-corrected chi connectivity index (χ4v) is 12.2. The van der Waals surface area contributed by atoms with Crippen molar-refractivity contribution in [1.82, 2.24) is 29.8 Å². The first-order chi connectivity index (χ1) is 42.7. The third kappa shape index (κ3) is 14.0. The number of nitro groups is 1. The van der Waals surface area contributed by atoms with Crippen molar-refractivity contribution in [3.8, 4) is 28.4 Å². The second-order valence-electron chi connectivity index (χ2n) is 21.4. The number of sulfonamides is 1. The van der Waals surface area contributed by atoms with E-state index in [-0.39, 0.29) is 79.9 Å². The number of H-pyrrole nitrogens is 1.